The Hall–Kier alpha value is -1.38. The third kappa shape index (κ3) is 2.78. The summed E-state index contributed by atoms with van der Waals surface area (Å²) in [6.07, 6.45) is 3.25. The van der Waals surface area contributed by atoms with Gasteiger partial charge in [-0.2, -0.15) is 0 Å². The highest BCUT2D eigenvalue weighted by atomic mass is 32.1. The van der Waals surface area contributed by atoms with Crippen LogP contribution in [-0.4, -0.2) is 5.11 Å². The van der Waals surface area contributed by atoms with Crippen molar-refractivity contribution in [2.75, 3.05) is 0 Å². The Morgan fingerprint density at radius 1 is 1.07 bits per heavy atom. The van der Waals surface area contributed by atoms with Crippen LogP contribution in [0.2, 0.25) is 0 Å². The second-order valence-electron chi connectivity index (χ2n) is 3.23. The van der Waals surface area contributed by atoms with Crippen LogP contribution in [0.4, 0.5) is 0 Å². The number of hydrogen-bond donors (Lipinski definition) is 1. The number of aliphatic hydroxyl groups is 1. The molecule has 76 valence electrons. The van der Waals surface area contributed by atoms with Gasteiger partial charge in [0, 0.05) is 4.88 Å². The zero-order valence-electron chi connectivity index (χ0n) is 8.21. The molecule has 1 aromatic heterocycles. The Labute approximate surface area is 93.3 Å². The molecule has 0 aliphatic rings. The van der Waals surface area contributed by atoms with E-state index in [1.54, 1.807) is 17.4 Å². The fraction of sp³-hybridized carbons (Fsp3) is 0.0769. The predicted octanol–water partition coefficient (Wildman–Crippen LogP) is 3.49. The van der Waals surface area contributed by atoms with Crippen molar-refractivity contribution in [3.05, 3.63) is 64.4 Å². The first-order valence-electron chi connectivity index (χ1n) is 4.81. The van der Waals surface area contributed by atoms with E-state index in [0.29, 0.717) is 0 Å². The summed E-state index contributed by atoms with van der Waals surface area (Å²) in [5.41, 5.74) is 1.10. The minimum atomic E-state index is -0.495. The zero-order valence-corrected chi connectivity index (χ0v) is 9.02. The summed E-state index contributed by atoms with van der Waals surface area (Å²) < 4.78 is 0. The fourth-order valence-electron chi connectivity index (χ4n) is 1.32. The van der Waals surface area contributed by atoms with E-state index in [4.69, 9.17) is 0 Å². The number of rotatable bonds is 3. The summed E-state index contributed by atoms with van der Waals surface area (Å²) in [5.74, 6) is 0. The Balaban J connectivity index is 2.06. The lowest BCUT2D eigenvalue weighted by Gasteiger charge is -2.00. The molecular weight excluding hydrogens is 204 g/mol. The van der Waals surface area contributed by atoms with Gasteiger partial charge in [-0.15, -0.1) is 11.3 Å². The molecule has 2 aromatic rings. The van der Waals surface area contributed by atoms with Gasteiger partial charge >= 0.3 is 0 Å². The molecule has 0 fully saturated rings. The number of hydrogen-bond acceptors (Lipinski definition) is 2. The number of aliphatic hydroxyl groups excluding tert-OH is 1. The van der Waals surface area contributed by atoms with Crippen molar-refractivity contribution in [1.29, 1.82) is 0 Å². The largest absolute Gasteiger partial charge is 0.383 e. The van der Waals surface area contributed by atoms with E-state index >= 15 is 0 Å². The van der Waals surface area contributed by atoms with Gasteiger partial charge in [-0.1, -0.05) is 48.6 Å². The second-order valence-corrected chi connectivity index (χ2v) is 4.21. The summed E-state index contributed by atoms with van der Waals surface area (Å²) in [7, 11) is 0. The van der Waals surface area contributed by atoms with Crippen LogP contribution < -0.4 is 0 Å². The minimum Gasteiger partial charge on any atom is -0.383 e. The number of benzene rings is 1. The van der Waals surface area contributed by atoms with Crippen molar-refractivity contribution < 1.29 is 5.11 Å². The molecule has 0 aliphatic heterocycles. The van der Waals surface area contributed by atoms with Crippen LogP contribution in [-0.2, 0) is 0 Å². The van der Waals surface area contributed by atoms with Crippen LogP contribution in [0.15, 0.2) is 53.9 Å². The summed E-state index contributed by atoms with van der Waals surface area (Å²) >= 11 is 1.56. The summed E-state index contributed by atoms with van der Waals surface area (Å²) in [6.45, 7) is 0. The van der Waals surface area contributed by atoms with Gasteiger partial charge in [0.05, 0.1) is 0 Å². The van der Waals surface area contributed by atoms with Crippen molar-refractivity contribution in [2.45, 2.75) is 6.10 Å². The van der Waals surface area contributed by atoms with Crippen LogP contribution in [0.3, 0.4) is 0 Å². The van der Waals surface area contributed by atoms with Crippen LogP contribution in [0.1, 0.15) is 16.5 Å². The Morgan fingerprint density at radius 2 is 1.87 bits per heavy atom. The van der Waals surface area contributed by atoms with Gasteiger partial charge in [-0.25, -0.2) is 0 Å². The van der Waals surface area contributed by atoms with E-state index in [0.717, 1.165) is 10.4 Å². The quantitative estimate of drug-likeness (QED) is 0.832. The van der Waals surface area contributed by atoms with Crippen molar-refractivity contribution in [3.63, 3.8) is 0 Å². The molecule has 2 heteroatoms. The molecule has 1 heterocycles. The van der Waals surface area contributed by atoms with Crippen molar-refractivity contribution in [1.82, 2.24) is 0 Å². The SMILES string of the molecule is OC(/C=C\c1ccccc1)c1cccs1. The van der Waals surface area contributed by atoms with Gasteiger partial charge in [0.2, 0.25) is 0 Å². The third-order valence-electron chi connectivity index (χ3n) is 2.11. The Morgan fingerprint density at radius 3 is 2.53 bits per heavy atom. The Bertz CT molecular complexity index is 417. The molecule has 1 aromatic carbocycles. The zero-order chi connectivity index (χ0) is 10.5. The summed E-state index contributed by atoms with van der Waals surface area (Å²) in [5, 5.41) is 11.8. The van der Waals surface area contributed by atoms with E-state index < -0.39 is 6.10 Å². The maximum absolute atomic E-state index is 9.79. The lowest BCUT2D eigenvalue weighted by atomic mass is 10.2. The highest BCUT2D eigenvalue weighted by Gasteiger charge is 2.02. The number of thiophene rings is 1. The molecule has 1 N–H and O–H groups in total. The third-order valence-corrected chi connectivity index (χ3v) is 3.05. The maximum Gasteiger partial charge on any atom is 0.107 e. The molecule has 0 saturated heterocycles. The molecule has 2 rings (SSSR count). The van der Waals surface area contributed by atoms with Crippen LogP contribution in [0, 0.1) is 0 Å². The molecule has 0 bridgehead atoms. The first-order valence-corrected chi connectivity index (χ1v) is 5.69. The van der Waals surface area contributed by atoms with Gasteiger partial charge < -0.3 is 5.11 Å². The molecule has 0 radical (unpaired) electrons. The average molecular weight is 216 g/mol. The normalized spacial score (nSPS) is 13.1. The van der Waals surface area contributed by atoms with Crippen molar-refractivity contribution in [2.24, 2.45) is 0 Å². The van der Waals surface area contributed by atoms with Crippen molar-refractivity contribution in [3.8, 4) is 0 Å². The molecule has 0 aliphatic carbocycles. The molecule has 15 heavy (non-hydrogen) atoms. The van der Waals surface area contributed by atoms with Gasteiger partial charge in [0.25, 0.3) is 0 Å². The van der Waals surface area contributed by atoms with E-state index in [1.165, 1.54) is 0 Å². The monoisotopic (exact) mass is 216 g/mol. The lowest BCUT2D eigenvalue weighted by Crippen LogP contribution is -1.87. The van der Waals surface area contributed by atoms with Crippen molar-refractivity contribution >= 4 is 17.4 Å². The van der Waals surface area contributed by atoms with Gasteiger partial charge in [0.15, 0.2) is 0 Å². The summed E-state index contributed by atoms with van der Waals surface area (Å²) in [6, 6.07) is 13.8. The molecular formula is C13H12OS. The highest BCUT2D eigenvalue weighted by Crippen LogP contribution is 2.20. The lowest BCUT2D eigenvalue weighted by molar-refractivity contribution is 0.233. The second kappa shape index (κ2) is 4.91. The molecule has 0 amide bonds. The van der Waals surface area contributed by atoms with E-state index in [9.17, 15) is 5.11 Å². The Kier molecular flexibility index (Phi) is 3.33. The van der Waals surface area contributed by atoms with Gasteiger partial charge in [-0.3, -0.25) is 0 Å². The first-order chi connectivity index (χ1) is 7.36. The van der Waals surface area contributed by atoms with Gasteiger partial charge in [-0.05, 0) is 17.0 Å². The van der Waals surface area contributed by atoms with Crippen LogP contribution in [0.5, 0.6) is 0 Å². The van der Waals surface area contributed by atoms with Crippen LogP contribution in [0.25, 0.3) is 6.08 Å². The summed E-state index contributed by atoms with van der Waals surface area (Å²) in [4.78, 5) is 0.974. The predicted molar refractivity (Wildman–Crippen MR) is 64.8 cm³/mol. The molecule has 1 nitrogen and oxygen atoms in total. The topological polar surface area (TPSA) is 20.2 Å². The van der Waals surface area contributed by atoms with Gasteiger partial charge in [0.1, 0.15) is 6.10 Å². The smallest absolute Gasteiger partial charge is 0.107 e. The molecule has 0 spiro atoms. The fourth-order valence-corrected chi connectivity index (χ4v) is 2.01. The van der Waals surface area contributed by atoms with E-state index in [2.05, 4.69) is 0 Å². The first kappa shape index (κ1) is 10.1. The van der Waals surface area contributed by atoms with E-state index in [-0.39, 0.29) is 0 Å². The minimum absolute atomic E-state index is 0.495. The molecule has 0 saturated carbocycles. The molecule has 1 unspecified atom stereocenters. The highest BCUT2D eigenvalue weighted by molar-refractivity contribution is 7.10. The maximum atomic E-state index is 9.79. The standard InChI is InChI=1S/C13H12OS/c14-12(13-7-4-10-15-13)9-8-11-5-2-1-3-6-11/h1-10,12,14H/b9-8-. The molecule has 1 atom stereocenters. The van der Waals surface area contributed by atoms with Crippen LogP contribution >= 0.6 is 11.3 Å². The average Bonchev–Trinajstić information content (AvgIpc) is 2.81. The van der Waals surface area contributed by atoms with E-state index in [1.807, 2.05) is 53.9 Å².